The molecule has 2 N–H and O–H groups in total. The zero-order valence-electron chi connectivity index (χ0n) is 6.41. The molecule has 3 nitrogen and oxygen atoms in total. The Kier molecular flexibility index (Phi) is 3.59. The Morgan fingerprint density at radius 2 is 2.00 bits per heavy atom. The molecule has 0 aromatic carbocycles. The largest absolute Gasteiger partial charge is 0.393 e. The summed E-state index contributed by atoms with van der Waals surface area (Å²) in [5.41, 5.74) is 0. The summed E-state index contributed by atoms with van der Waals surface area (Å²) < 4.78 is 0. The summed E-state index contributed by atoms with van der Waals surface area (Å²) in [6.07, 6.45) is 0.764. The Bertz CT molecular complexity index is 115. The highest BCUT2D eigenvalue weighted by molar-refractivity contribution is 6.18. The molecule has 1 fully saturated rings. The van der Waals surface area contributed by atoms with Gasteiger partial charge in [0.1, 0.15) is 6.23 Å². The molecule has 1 saturated heterocycles. The summed E-state index contributed by atoms with van der Waals surface area (Å²) in [5, 5.41) is 18.4. The van der Waals surface area contributed by atoms with E-state index in [1.54, 1.807) is 0 Å². The Morgan fingerprint density at radius 1 is 1.45 bits per heavy atom. The quantitative estimate of drug-likeness (QED) is 0.587. The Hall–Kier alpha value is 0.170. The summed E-state index contributed by atoms with van der Waals surface area (Å²) >= 11 is 5.47. The lowest BCUT2D eigenvalue weighted by molar-refractivity contribution is -0.0192. The number of nitrogens with zero attached hydrogens (tertiary/aromatic N) is 1. The molecule has 0 spiro atoms. The SMILES string of the molecule is OC1CCN(C(O)CCl)CC1. The van der Waals surface area contributed by atoms with Gasteiger partial charge < -0.3 is 10.2 Å². The summed E-state index contributed by atoms with van der Waals surface area (Å²) in [4.78, 5) is 1.89. The molecule has 0 aliphatic carbocycles. The molecule has 1 aliphatic heterocycles. The number of alkyl halides is 1. The molecule has 1 heterocycles. The second kappa shape index (κ2) is 4.26. The van der Waals surface area contributed by atoms with E-state index in [1.807, 2.05) is 4.90 Å². The lowest BCUT2D eigenvalue weighted by atomic mass is 10.1. The van der Waals surface area contributed by atoms with Crippen molar-refractivity contribution >= 4 is 11.6 Å². The summed E-state index contributed by atoms with van der Waals surface area (Å²) in [6, 6.07) is 0. The molecule has 1 atom stereocenters. The van der Waals surface area contributed by atoms with Crippen LogP contribution in [0.4, 0.5) is 0 Å². The van der Waals surface area contributed by atoms with Crippen LogP contribution in [0.2, 0.25) is 0 Å². The zero-order chi connectivity index (χ0) is 8.27. The van der Waals surface area contributed by atoms with Gasteiger partial charge in [-0.3, -0.25) is 4.90 Å². The molecule has 1 unspecified atom stereocenters. The van der Waals surface area contributed by atoms with E-state index in [0.29, 0.717) is 0 Å². The second-order valence-electron chi connectivity index (χ2n) is 2.90. The number of rotatable bonds is 2. The molecule has 66 valence electrons. The van der Waals surface area contributed by atoms with Gasteiger partial charge in [0.05, 0.1) is 12.0 Å². The lowest BCUT2D eigenvalue weighted by Crippen LogP contribution is -2.43. The van der Waals surface area contributed by atoms with E-state index < -0.39 is 6.23 Å². The molecule has 1 rings (SSSR count). The standard InChI is InChI=1S/C7H14ClNO2/c8-5-7(11)9-3-1-6(10)2-4-9/h6-7,10-11H,1-5H2. The van der Waals surface area contributed by atoms with Gasteiger partial charge in [-0.05, 0) is 12.8 Å². The number of halogens is 1. The minimum atomic E-state index is -0.538. The monoisotopic (exact) mass is 179 g/mol. The van der Waals surface area contributed by atoms with Crippen molar-refractivity contribution in [2.75, 3.05) is 19.0 Å². The summed E-state index contributed by atoms with van der Waals surface area (Å²) in [5.74, 6) is 0.246. The normalized spacial score (nSPS) is 25.4. The van der Waals surface area contributed by atoms with Crippen LogP contribution in [0.5, 0.6) is 0 Å². The molecule has 11 heavy (non-hydrogen) atoms. The van der Waals surface area contributed by atoms with Crippen molar-refractivity contribution in [1.29, 1.82) is 0 Å². The number of piperidine rings is 1. The fraction of sp³-hybridized carbons (Fsp3) is 1.00. The van der Waals surface area contributed by atoms with Gasteiger partial charge in [0.2, 0.25) is 0 Å². The van der Waals surface area contributed by atoms with E-state index in [1.165, 1.54) is 0 Å². The highest BCUT2D eigenvalue weighted by Gasteiger charge is 2.21. The van der Waals surface area contributed by atoms with Crippen molar-refractivity contribution in [3.63, 3.8) is 0 Å². The van der Waals surface area contributed by atoms with Gasteiger partial charge in [0.15, 0.2) is 0 Å². The highest BCUT2D eigenvalue weighted by atomic mass is 35.5. The van der Waals surface area contributed by atoms with Gasteiger partial charge in [-0.2, -0.15) is 0 Å². The molecule has 0 amide bonds. The van der Waals surface area contributed by atoms with Gasteiger partial charge in [0.25, 0.3) is 0 Å². The van der Waals surface area contributed by atoms with E-state index in [4.69, 9.17) is 16.7 Å². The number of hydrogen-bond donors (Lipinski definition) is 2. The molecule has 0 saturated carbocycles. The summed E-state index contributed by atoms with van der Waals surface area (Å²) in [7, 11) is 0. The van der Waals surface area contributed by atoms with Crippen LogP contribution in [0.25, 0.3) is 0 Å². The third-order valence-electron chi connectivity index (χ3n) is 2.06. The van der Waals surface area contributed by atoms with Crippen LogP contribution in [0.3, 0.4) is 0 Å². The van der Waals surface area contributed by atoms with Gasteiger partial charge in [-0.1, -0.05) is 0 Å². The maximum absolute atomic E-state index is 9.28. The fourth-order valence-corrected chi connectivity index (χ4v) is 1.48. The predicted molar refractivity (Wildman–Crippen MR) is 43.5 cm³/mol. The zero-order valence-corrected chi connectivity index (χ0v) is 7.17. The first kappa shape index (κ1) is 9.26. The minimum Gasteiger partial charge on any atom is -0.393 e. The number of hydrogen-bond acceptors (Lipinski definition) is 3. The van der Waals surface area contributed by atoms with Crippen molar-refractivity contribution in [2.24, 2.45) is 0 Å². The minimum absolute atomic E-state index is 0.186. The number of aliphatic hydroxyl groups excluding tert-OH is 2. The Balaban J connectivity index is 2.27. The van der Waals surface area contributed by atoms with Crippen LogP contribution >= 0.6 is 11.6 Å². The molecule has 0 aromatic rings. The number of likely N-dealkylation sites (tertiary alicyclic amines) is 1. The average Bonchev–Trinajstić information content (AvgIpc) is 2.05. The fourth-order valence-electron chi connectivity index (χ4n) is 1.28. The first-order valence-electron chi connectivity index (χ1n) is 3.90. The smallest absolute Gasteiger partial charge is 0.121 e. The van der Waals surface area contributed by atoms with Crippen molar-refractivity contribution in [3.05, 3.63) is 0 Å². The van der Waals surface area contributed by atoms with Crippen LogP contribution in [-0.4, -0.2) is 46.4 Å². The topological polar surface area (TPSA) is 43.7 Å². The van der Waals surface area contributed by atoms with Crippen molar-refractivity contribution in [3.8, 4) is 0 Å². The van der Waals surface area contributed by atoms with E-state index in [-0.39, 0.29) is 12.0 Å². The van der Waals surface area contributed by atoms with Crippen molar-refractivity contribution < 1.29 is 10.2 Å². The third kappa shape index (κ3) is 2.60. The first-order chi connectivity index (χ1) is 5.24. The van der Waals surface area contributed by atoms with Crippen molar-refractivity contribution in [1.82, 2.24) is 4.90 Å². The first-order valence-corrected chi connectivity index (χ1v) is 4.43. The van der Waals surface area contributed by atoms with Crippen molar-refractivity contribution in [2.45, 2.75) is 25.2 Å². The molecule has 0 bridgehead atoms. The second-order valence-corrected chi connectivity index (χ2v) is 3.21. The molecular weight excluding hydrogens is 166 g/mol. The molecule has 4 heteroatoms. The highest BCUT2D eigenvalue weighted by Crippen LogP contribution is 2.12. The van der Waals surface area contributed by atoms with E-state index in [0.717, 1.165) is 25.9 Å². The van der Waals surface area contributed by atoms with Gasteiger partial charge in [-0.25, -0.2) is 0 Å². The average molecular weight is 180 g/mol. The molecule has 0 radical (unpaired) electrons. The van der Waals surface area contributed by atoms with Crippen LogP contribution < -0.4 is 0 Å². The Labute approximate surface area is 71.6 Å². The van der Waals surface area contributed by atoms with Gasteiger partial charge in [-0.15, -0.1) is 11.6 Å². The van der Waals surface area contributed by atoms with Crippen LogP contribution in [0.15, 0.2) is 0 Å². The van der Waals surface area contributed by atoms with Crippen LogP contribution in [-0.2, 0) is 0 Å². The Morgan fingerprint density at radius 3 is 2.45 bits per heavy atom. The van der Waals surface area contributed by atoms with Gasteiger partial charge >= 0.3 is 0 Å². The maximum atomic E-state index is 9.28. The predicted octanol–water partition coefficient (Wildman–Crippen LogP) is 0.000300. The van der Waals surface area contributed by atoms with Crippen LogP contribution in [0.1, 0.15) is 12.8 Å². The van der Waals surface area contributed by atoms with E-state index in [9.17, 15) is 5.11 Å². The molecule has 1 aliphatic rings. The maximum Gasteiger partial charge on any atom is 0.121 e. The van der Waals surface area contributed by atoms with E-state index in [2.05, 4.69) is 0 Å². The molecule has 0 aromatic heterocycles. The third-order valence-corrected chi connectivity index (χ3v) is 2.33. The number of aliphatic hydroxyl groups is 2. The van der Waals surface area contributed by atoms with Gasteiger partial charge in [0, 0.05) is 13.1 Å². The van der Waals surface area contributed by atoms with E-state index >= 15 is 0 Å². The molecular formula is C7H14ClNO2. The summed E-state index contributed by atoms with van der Waals surface area (Å²) in [6.45, 7) is 1.49. The lowest BCUT2D eigenvalue weighted by Gasteiger charge is -2.32. The van der Waals surface area contributed by atoms with Crippen LogP contribution in [0, 0.1) is 0 Å².